The second-order valence-electron chi connectivity index (χ2n) is 8.83. The lowest BCUT2D eigenvalue weighted by Crippen LogP contribution is -2.47. The molecule has 0 radical (unpaired) electrons. The highest BCUT2D eigenvalue weighted by Crippen LogP contribution is 2.33. The fourth-order valence-electron chi connectivity index (χ4n) is 4.71. The Bertz CT molecular complexity index is 1320. The first-order chi connectivity index (χ1) is 17.1. The summed E-state index contributed by atoms with van der Waals surface area (Å²) in [6.45, 7) is 0. The number of thiophene rings is 1. The van der Waals surface area contributed by atoms with Crippen molar-refractivity contribution in [2.75, 3.05) is 4.90 Å². The molecule has 178 valence electrons. The minimum absolute atomic E-state index is 0.0766. The molecule has 4 aromatic rings. The van der Waals surface area contributed by atoms with E-state index in [0.717, 1.165) is 36.6 Å². The van der Waals surface area contributed by atoms with Crippen LogP contribution in [-0.2, 0) is 4.79 Å². The van der Waals surface area contributed by atoms with Gasteiger partial charge in [-0.2, -0.15) is 0 Å². The van der Waals surface area contributed by atoms with Crippen LogP contribution in [0.25, 0.3) is 10.9 Å². The maximum Gasteiger partial charge on any atom is 0.269 e. The summed E-state index contributed by atoms with van der Waals surface area (Å²) in [6, 6.07) is 17.8. The molecular weight excluding hydrogens is 461 g/mol. The largest absolute Gasteiger partial charge is 0.351 e. The average Bonchev–Trinajstić information content (AvgIpc) is 3.43. The smallest absolute Gasteiger partial charge is 0.269 e. The zero-order chi connectivity index (χ0) is 24.2. The van der Waals surface area contributed by atoms with Crippen LogP contribution in [0.3, 0.4) is 0 Å². The van der Waals surface area contributed by atoms with Gasteiger partial charge in [0, 0.05) is 23.3 Å². The lowest BCUT2D eigenvalue weighted by atomic mass is 9.94. The van der Waals surface area contributed by atoms with E-state index in [0.29, 0.717) is 16.1 Å². The molecule has 2 heterocycles. The van der Waals surface area contributed by atoms with E-state index in [-0.39, 0.29) is 17.9 Å². The van der Waals surface area contributed by atoms with Crippen molar-refractivity contribution < 1.29 is 14.0 Å². The van der Waals surface area contributed by atoms with Gasteiger partial charge in [-0.25, -0.2) is 4.39 Å². The van der Waals surface area contributed by atoms with Gasteiger partial charge >= 0.3 is 0 Å². The molecule has 1 N–H and O–H groups in total. The molecule has 1 aliphatic carbocycles. The van der Waals surface area contributed by atoms with Gasteiger partial charge in [0.05, 0.1) is 10.4 Å². The van der Waals surface area contributed by atoms with Crippen LogP contribution in [-0.4, -0.2) is 22.8 Å². The van der Waals surface area contributed by atoms with Crippen LogP contribution in [0.15, 0.2) is 78.3 Å². The molecule has 1 aliphatic rings. The van der Waals surface area contributed by atoms with Crippen LogP contribution < -0.4 is 10.2 Å². The number of pyridine rings is 1. The van der Waals surface area contributed by atoms with Crippen LogP contribution in [0.1, 0.15) is 53.4 Å². The first-order valence-corrected chi connectivity index (χ1v) is 12.8. The molecule has 5 nitrogen and oxygen atoms in total. The summed E-state index contributed by atoms with van der Waals surface area (Å²) < 4.78 is 13.8. The molecule has 5 rings (SSSR count). The predicted molar refractivity (Wildman–Crippen MR) is 137 cm³/mol. The van der Waals surface area contributed by atoms with Crippen LogP contribution in [0.2, 0.25) is 0 Å². The quantitative estimate of drug-likeness (QED) is 0.349. The summed E-state index contributed by atoms with van der Waals surface area (Å²) in [5.41, 5.74) is 1.94. The van der Waals surface area contributed by atoms with Gasteiger partial charge in [-0.1, -0.05) is 37.5 Å². The molecule has 0 unspecified atom stereocenters. The highest BCUT2D eigenvalue weighted by Gasteiger charge is 2.35. The molecule has 0 spiro atoms. The third-order valence-electron chi connectivity index (χ3n) is 6.46. The van der Waals surface area contributed by atoms with Gasteiger partial charge in [0.1, 0.15) is 11.9 Å². The Morgan fingerprint density at radius 3 is 2.54 bits per heavy atom. The van der Waals surface area contributed by atoms with Crippen LogP contribution in [0, 0.1) is 5.82 Å². The number of halogens is 1. The number of aromatic nitrogens is 1. The summed E-state index contributed by atoms with van der Waals surface area (Å²) >= 11 is 1.31. The Hall–Kier alpha value is -3.58. The SMILES string of the molecule is O=C(NC1CCCCC1)[C@H](c1ccc2ncccc2c1)N(C(=O)c1cccs1)c1ccc(F)cc1. The average molecular weight is 488 g/mol. The van der Waals surface area contributed by atoms with Crippen molar-refractivity contribution >= 4 is 39.7 Å². The minimum Gasteiger partial charge on any atom is -0.351 e. The van der Waals surface area contributed by atoms with Gasteiger partial charge < -0.3 is 5.32 Å². The number of benzene rings is 2. The number of amides is 2. The monoisotopic (exact) mass is 487 g/mol. The lowest BCUT2D eigenvalue weighted by molar-refractivity contribution is -0.123. The molecule has 1 fully saturated rings. The molecule has 0 saturated heterocycles. The van der Waals surface area contributed by atoms with E-state index >= 15 is 0 Å². The van der Waals surface area contributed by atoms with E-state index < -0.39 is 11.9 Å². The molecule has 0 aliphatic heterocycles. The minimum atomic E-state index is -0.929. The van der Waals surface area contributed by atoms with Crippen molar-refractivity contribution in [3.05, 3.63) is 94.6 Å². The molecular formula is C28H26FN3O2S. The number of carbonyl (C=O) groups excluding carboxylic acids is 2. The Morgan fingerprint density at radius 1 is 1.00 bits per heavy atom. The fraction of sp³-hybridized carbons (Fsp3) is 0.250. The van der Waals surface area contributed by atoms with Gasteiger partial charge in [-0.05, 0) is 72.3 Å². The van der Waals surface area contributed by atoms with Crippen molar-refractivity contribution in [2.45, 2.75) is 44.2 Å². The van der Waals surface area contributed by atoms with E-state index in [9.17, 15) is 14.0 Å². The molecule has 0 bridgehead atoms. The van der Waals surface area contributed by atoms with Crippen LogP contribution in [0.5, 0.6) is 0 Å². The predicted octanol–water partition coefficient (Wildman–Crippen LogP) is 6.27. The molecule has 2 aromatic heterocycles. The van der Waals surface area contributed by atoms with E-state index in [2.05, 4.69) is 10.3 Å². The summed E-state index contributed by atoms with van der Waals surface area (Å²) in [5, 5.41) is 5.91. The number of anilines is 1. The topological polar surface area (TPSA) is 62.3 Å². The molecule has 7 heteroatoms. The second kappa shape index (κ2) is 10.4. The Balaban J connectivity index is 1.62. The zero-order valence-electron chi connectivity index (χ0n) is 19.2. The van der Waals surface area contributed by atoms with Gasteiger partial charge in [-0.3, -0.25) is 19.5 Å². The van der Waals surface area contributed by atoms with E-state index in [4.69, 9.17) is 0 Å². The third kappa shape index (κ3) is 5.10. The Kier molecular flexibility index (Phi) is 6.86. The Labute approximate surface area is 207 Å². The first-order valence-electron chi connectivity index (χ1n) is 11.9. The third-order valence-corrected chi connectivity index (χ3v) is 7.31. The summed E-state index contributed by atoms with van der Waals surface area (Å²) in [5.74, 6) is -0.951. The van der Waals surface area contributed by atoms with E-state index in [1.807, 2.05) is 35.7 Å². The zero-order valence-corrected chi connectivity index (χ0v) is 20.0. The van der Waals surface area contributed by atoms with Crippen molar-refractivity contribution in [1.29, 1.82) is 0 Å². The number of rotatable bonds is 6. The number of hydrogen-bond acceptors (Lipinski definition) is 4. The number of carbonyl (C=O) groups is 2. The van der Waals surface area contributed by atoms with Gasteiger partial charge in [0.15, 0.2) is 0 Å². The van der Waals surface area contributed by atoms with Gasteiger partial charge in [0.2, 0.25) is 5.91 Å². The fourth-order valence-corrected chi connectivity index (χ4v) is 5.37. The van der Waals surface area contributed by atoms with Crippen LogP contribution in [0.4, 0.5) is 10.1 Å². The summed E-state index contributed by atoms with van der Waals surface area (Å²) in [6.07, 6.45) is 6.90. The van der Waals surface area contributed by atoms with E-state index in [1.165, 1.54) is 34.8 Å². The van der Waals surface area contributed by atoms with Crippen molar-refractivity contribution in [3.63, 3.8) is 0 Å². The van der Waals surface area contributed by atoms with Crippen molar-refractivity contribution in [1.82, 2.24) is 10.3 Å². The molecule has 35 heavy (non-hydrogen) atoms. The number of nitrogens with zero attached hydrogens (tertiary/aromatic N) is 2. The second-order valence-corrected chi connectivity index (χ2v) is 9.78. The standard InChI is InChI=1S/C28H26FN3O2S/c29-21-11-13-23(14-12-21)32(28(34)25-9-5-17-35-25)26(27(33)31-22-7-2-1-3-8-22)20-10-15-24-19(18-20)6-4-16-30-24/h4-6,9-18,22,26H,1-3,7-8H2,(H,31,33)/t26-/m0/s1. The molecule has 1 saturated carbocycles. The van der Waals surface area contributed by atoms with Crippen molar-refractivity contribution in [2.24, 2.45) is 0 Å². The van der Waals surface area contributed by atoms with E-state index in [1.54, 1.807) is 30.5 Å². The number of nitrogens with one attached hydrogen (secondary N) is 1. The first kappa shape index (κ1) is 23.2. The lowest BCUT2D eigenvalue weighted by Gasteiger charge is -2.33. The highest BCUT2D eigenvalue weighted by atomic mass is 32.1. The maximum absolute atomic E-state index is 13.9. The number of fused-ring (bicyclic) bond motifs is 1. The summed E-state index contributed by atoms with van der Waals surface area (Å²) in [4.78, 5) is 34.1. The van der Waals surface area contributed by atoms with Gasteiger partial charge in [0.25, 0.3) is 5.91 Å². The van der Waals surface area contributed by atoms with Gasteiger partial charge in [-0.15, -0.1) is 11.3 Å². The Morgan fingerprint density at radius 2 is 1.80 bits per heavy atom. The maximum atomic E-state index is 13.9. The number of hydrogen-bond donors (Lipinski definition) is 1. The molecule has 2 amide bonds. The van der Waals surface area contributed by atoms with Crippen molar-refractivity contribution in [3.8, 4) is 0 Å². The molecule has 1 atom stereocenters. The molecule has 2 aromatic carbocycles. The van der Waals surface area contributed by atoms with Crippen LogP contribution >= 0.6 is 11.3 Å². The summed E-state index contributed by atoms with van der Waals surface area (Å²) in [7, 11) is 0. The highest BCUT2D eigenvalue weighted by molar-refractivity contribution is 7.12. The normalized spacial score (nSPS) is 15.0.